The molecule has 6 bridgehead atoms. The minimum atomic E-state index is -2.77. The molecule has 398 valence electrons. The first-order chi connectivity index (χ1) is 31.9. The summed E-state index contributed by atoms with van der Waals surface area (Å²) in [5.41, 5.74) is 10.7. The highest BCUT2D eigenvalue weighted by Gasteiger charge is 2.40. The van der Waals surface area contributed by atoms with E-state index in [4.69, 9.17) is 9.72 Å². The van der Waals surface area contributed by atoms with Crippen molar-refractivity contribution in [1.82, 2.24) is 35.1 Å². The standard InChI is InChI=1S/C52H65F2N7O6.5H2S/c1-9-60-42-18-17-35-27-38(42)39(47(60)37-15-11-22-55-45(37)31(2)3)28-52(6,7)30-67-51(66)40-16-12-23-61(57-40)50(65)41(26-33-13-10-14-34(35)25-33)56-48(63)46(32(4)5)58(8)49(64)36-21-24-59(29-36)44(62)20-19-43(53)54;;;;;/h10-11,13-15,17-20,22,25,27,31-32,36,40-41,43,46,57H,9,12,16,21,23-24,26,28-30H2,1-8H3,(H,56,63);5*1H2/b20-19+;;;;;/t36-,40-,41-,46-;;;;;/m0...../s1. The summed E-state index contributed by atoms with van der Waals surface area (Å²) in [6, 6.07) is 15.7. The molecule has 0 radical (unpaired) electrons. The summed E-state index contributed by atoms with van der Waals surface area (Å²) >= 11 is 0. The number of cyclic esters (lactones) is 1. The normalized spacial score (nSPS) is 19.3. The summed E-state index contributed by atoms with van der Waals surface area (Å²) < 4.78 is 33.9. The average Bonchev–Trinajstić information content (AvgIpc) is 3.92. The molecule has 2 fully saturated rings. The molecule has 13 nitrogen and oxygen atoms in total. The zero-order chi connectivity index (χ0) is 48.3. The minimum Gasteiger partial charge on any atom is -0.464 e. The second-order valence-electron chi connectivity index (χ2n) is 19.7. The van der Waals surface area contributed by atoms with Crippen molar-refractivity contribution in [3.8, 4) is 22.4 Å². The monoisotopic (exact) mass is 1090 g/mol. The molecular formula is C52H75F2N7O6S5. The van der Waals surface area contributed by atoms with Gasteiger partial charge in [-0.05, 0) is 97.0 Å². The van der Waals surface area contributed by atoms with Gasteiger partial charge in [-0.3, -0.25) is 34.0 Å². The predicted molar refractivity (Wildman–Crippen MR) is 305 cm³/mol. The number of halogens is 2. The number of pyridine rings is 1. The molecular weight excluding hydrogens is 1020 g/mol. The molecule has 4 atom stereocenters. The average molecular weight is 1090 g/mol. The summed E-state index contributed by atoms with van der Waals surface area (Å²) in [4.78, 5) is 77.2. The second-order valence-corrected chi connectivity index (χ2v) is 19.7. The smallest absolute Gasteiger partial charge is 0.324 e. The van der Waals surface area contributed by atoms with Gasteiger partial charge >= 0.3 is 5.97 Å². The number of hydrogen-bond acceptors (Lipinski definition) is 8. The molecule has 2 N–H and O–H groups in total. The predicted octanol–water partition coefficient (Wildman–Crippen LogP) is 7.88. The Kier molecular flexibility index (Phi) is 24.3. The highest BCUT2D eigenvalue weighted by atomic mass is 32.1. The number of benzene rings is 2. The van der Waals surface area contributed by atoms with Gasteiger partial charge in [-0.1, -0.05) is 71.9 Å². The van der Waals surface area contributed by atoms with Gasteiger partial charge < -0.3 is 24.4 Å². The van der Waals surface area contributed by atoms with E-state index in [9.17, 15) is 32.8 Å². The van der Waals surface area contributed by atoms with Gasteiger partial charge in [0.05, 0.1) is 23.9 Å². The maximum Gasteiger partial charge on any atom is 0.324 e. The van der Waals surface area contributed by atoms with E-state index in [0.717, 1.165) is 62.7 Å². The molecule has 0 aliphatic carbocycles. The van der Waals surface area contributed by atoms with E-state index in [0.29, 0.717) is 38.3 Å². The van der Waals surface area contributed by atoms with Gasteiger partial charge in [0.25, 0.3) is 12.3 Å². The number of nitrogens with one attached hydrogen (secondary N) is 2. The highest BCUT2D eigenvalue weighted by Crippen LogP contribution is 2.42. The Labute approximate surface area is 458 Å². The van der Waals surface area contributed by atoms with Gasteiger partial charge in [-0.2, -0.15) is 67.5 Å². The van der Waals surface area contributed by atoms with Crippen LogP contribution in [0.3, 0.4) is 0 Å². The minimum absolute atomic E-state index is 0. The SMILES string of the molecule is CCn1c(-c2cccnc2C(C)C)c2c3cc(ccc31)-c1cccc(c1)C[C@H](NC(=O)[C@H](C(C)C)N(C)C(=O)[C@H]1CCN(C(=O)/C=C/C(F)F)C1)C(=O)N1CCC[C@H](N1)C(=O)OCC(C)(C)C2.S.S.S.S.S. The van der Waals surface area contributed by atoms with Crippen LogP contribution in [0.5, 0.6) is 0 Å². The van der Waals surface area contributed by atoms with Crippen LogP contribution in [-0.2, 0) is 48.1 Å². The first kappa shape index (κ1) is 63.9. The molecule has 4 amide bonds. The van der Waals surface area contributed by atoms with Crippen molar-refractivity contribution in [2.75, 3.05) is 33.3 Å². The number of nitrogens with zero attached hydrogens (tertiary/aromatic N) is 5. The van der Waals surface area contributed by atoms with Crippen LogP contribution in [0, 0.1) is 17.3 Å². The van der Waals surface area contributed by atoms with Crippen LogP contribution in [0.1, 0.15) is 90.5 Å². The van der Waals surface area contributed by atoms with Crippen molar-refractivity contribution in [2.24, 2.45) is 17.3 Å². The van der Waals surface area contributed by atoms with E-state index in [-0.39, 0.29) is 111 Å². The molecule has 2 aromatic carbocycles. The Balaban J connectivity index is 0.00000355. The van der Waals surface area contributed by atoms with Gasteiger partial charge in [0, 0.05) is 73.8 Å². The third kappa shape index (κ3) is 14.3. The van der Waals surface area contributed by atoms with E-state index in [2.05, 4.69) is 74.2 Å². The van der Waals surface area contributed by atoms with Crippen LogP contribution in [0.15, 0.2) is 72.9 Å². The second kappa shape index (κ2) is 27.4. The number of hydrogen-bond donors (Lipinski definition) is 2. The number of aromatic nitrogens is 2. The van der Waals surface area contributed by atoms with Gasteiger partial charge in [-0.25, -0.2) is 14.2 Å². The molecule has 72 heavy (non-hydrogen) atoms. The lowest BCUT2D eigenvalue weighted by Gasteiger charge is -2.37. The van der Waals surface area contributed by atoms with Gasteiger partial charge in [-0.15, -0.1) is 0 Å². The lowest BCUT2D eigenvalue weighted by atomic mass is 9.83. The van der Waals surface area contributed by atoms with Crippen LogP contribution in [-0.4, -0.2) is 112 Å². The summed E-state index contributed by atoms with van der Waals surface area (Å²) in [6.45, 7) is 15.7. The number of alkyl halides is 2. The number of esters is 1. The van der Waals surface area contributed by atoms with E-state index >= 15 is 0 Å². The molecule has 3 aliphatic heterocycles. The number of likely N-dealkylation sites (tertiary alicyclic amines) is 1. The number of ether oxygens (including phenoxy) is 1. The topological polar surface area (TPSA) is 146 Å². The molecule has 5 heterocycles. The Morgan fingerprint density at radius 2 is 1.67 bits per heavy atom. The maximum atomic E-state index is 14.7. The van der Waals surface area contributed by atoms with E-state index < -0.39 is 59.6 Å². The molecule has 3 aliphatic rings. The third-order valence-electron chi connectivity index (χ3n) is 13.3. The molecule has 20 heteroatoms. The number of likely N-dealkylation sites (N-methyl/N-ethyl adjacent to an activating group) is 1. The van der Waals surface area contributed by atoms with Crippen molar-refractivity contribution in [3.05, 3.63) is 89.8 Å². The largest absolute Gasteiger partial charge is 0.464 e. The number of fused-ring (bicyclic) bond motifs is 6. The number of carbonyl (C=O) groups is 5. The highest BCUT2D eigenvalue weighted by molar-refractivity contribution is 7.60. The number of allylic oxidation sites excluding steroid dienone is 1. The quantitative estimate of drug-likeness (QED) is 0.121. The zero-order valence-corrected chi connectivity index (χ0v) is 47.5. The summed E-state index contributed by atoms with van der Waals surface area (Å²) in [7, 11) is 1.53. The van der Waals surface area contributed by atoms with Crippen molar-refractivity contribution < 1.29 is 37.5 Å². The van der Waals surface area contributed by atoms with Crippen LogP contribution in [0.25, 0.3) is 33.3 Å². The number of carbonyl (C=O) groups excluding carboxylic acids is 5. The van der Waals surface area contributed by atoms with Crippen molar-refractivity contribution in [1.29, 1.82) is 0 Å². The molecule has 0 saturated carbocycles. The van der Waals surface area contributed by atoms with Crippen LogP contribution in [0.4, 0.5) is 8.78 Å². The van der Waals surface area contributed by atoms with Gasteiger partial charge in [0.1, 0.15) is 18.1 Å². The van der Waals surface area contributed by atoms with E-state index in [1.807, 2.05) is 50.4 Å². The van der Waals surface area contributed by atoms with E-state index in [1.54, 1.807) is 0 Å². The van der Waals surface area contributed by atoms with Crippen LogP contribution in [0.2, 0.25) is 0 Å². The molecule has 4 aromatic rings. The van der Waals surface area contributed by atoms with E-state index in [1.165, 1.54) is 21.9 Å². The number of hydrazine groups is 1. The fourth-order valence-electron chi connectivity index (χ4n) is 10.0. The Hall–Kier alpha value is -4.21. The first-order valence-electron chi connectivity index (χ1n) is 23.6. The van der Waals surface area contributed by atoms with Gasteiger partial charge in [0.2, 0.25) is 17.7 Å². The van der Waals surface area contributed by atoms with Crippen molar-refractivity contribution in [2.45, 2.75) is 118 Å². The molecule has 2 aromatic heterocycles. The summed E-state index contributed by atoms with van der Waals surface area (Å²) in [5, 5.41) is 5.51. The number of rotatable bonds is 10. The lowest BCUT2D eigenvalue weighted by molar-refractivity contribution is -0.155. The third-order valence-corrected chi connectivity index (χ3v) is 13.3. The van der Waals surface area contributed by atoms with Crippen LogP contribution < -0.4 is 10.7 Å². The fourth-order valence-corrected chi connectivity index (χ4v) is 10.0. The summed E-state index contributed by atoms with van der Waals surface area (Å²) in [5.74, 6) is -3.26. The Morgan fingerprint density at radius 1 is 0.958 bits per heavy atom. The number of aryl methyl sites for hydroxylation is 1. The molecule has 7 rings (SSSR count). The first-order valence-corrected chi connectivity index (χ1v) is 23.6. The molecule has 0 spiro atoms. The summed E-state index contributed by atoms with van der Waals surface area (Å²) in [6.07, 6.45) is 2.40. The maximum absolute atomic E-state index is 14.7. The fraction of sp³-hybridized carbons (Fsp3) is 0.500. The Bertz CT molecular complexity index is 2560. The lowest BCUT2D eigenvalue weighted by Crippen LogP contribution is -2.62. The molecule has 2 saturated heterocycles. The van der Waals surface area contributed by atoms with Crippen LogP contribution >= 0.6 is 67.5 Å². The van der Waals surface area contributed by atoms with Crippen molar-refractivity contribution >= 4 is 108 Å². The zero-order valence-electron chi connectivity index (χ0n) is 42.5. The van der Waals surface area contributed by atoms with Crippen molar-refractivity contribution in [3.63, 3.8) is 0 Å². The molecule has 0 unspecified atom stereocenters. The Morgan fingerprint density at radius 3 is 2.33 bits per heavy atom. The van der Waals surface area contributed by atoms with Gasteiger partial charge in [0.15, 0.2) is 0 Å². The number of amides is 4.